The van der Waals surface area contributed by atoms with Crippen LogP contribution in [0.4, 0.5) is 0 Å². The molecule has 1 heterocycles. The fourth-order valence-corrected chi connectivity index (χ4v) is 1.71. The molecule has 0 aliphatic heterocycles. The third-order valence-electron chi connectivity index (χ3n) is 1.65. The van der Waals surface area contributed by atoms with Crippen LogP contribution in [0.3, 0.4) is 0 Å². The van der Waals surface area contributed by atoms with Gasteiger partial charge in [0.1, 0.15) is 10.3 Å². The SMILES string of the molecule is C=C(C)OCCOCOc1cc(Br)cnc1I. The number of allylic oxidation sites excluding steroid dienone is 1. The van der Waals surface area contributed by atoms with Crippen LogP contribution in [0.5, 0.6) is 5.75 Å². The van der Waals surface area contributed by atoms with Crippen molar-refractivity contribution in [3.63, 3.8) is 0 Å². The molecule has 0 amide bonds. The van der Waals surface area contributed by atoms with E-state index in [0.29, 0.717) is 24.7 Å². The second-order valence-electron chi connectivity index (χ2n) is 3.16. The molecule has 0 aliphatic rings. The third-order valence-corrected chi connectivity index (χ3v) is 2.89. The van der Waals surface area contributed by atoms with E-state index < -0.39 is 0 Å². The van der Waals surface area contributed by atoms with Crippen LogP contribution in [-0.4, -0.2) is 25.0 Å². The van der Waals surface area contributed by atoms with Crippen molar-refractivity contribution >= 4 is 38.5 Å². The molecular formula is C11H13BrINO3. The fourth-order valence-electron chi connectivity index (χ4n) is 0.944. The van der Waals surface area contributed by atoms with Crippen molar-refractivity contribution in [1.82, 2.24) is 4.98 Å². The van der Waals surface area contributed by atoms with Gasteiger partial charge in [-0.15, -0.1) is 0 Å². The van der Waals surface area contributed by atoms with Gasteiger partial charge in [-0.2, -0.15) is 0 Å². The highest BCUT2D eigenvalue weighted by atomic mass is 127. The van der Waals surface area contributed by atoms with Crippen LogP contribution in [0, 0.1) is 3.70 Å². The number of nitrogens with zero attached hydrogens (tertiary/aromatic N) is 1. The third kappa shape index (κ3) is 6.23. The van der Waals surface area contributed by atoms with Crippen molar-refractivity contribution in [3.05, 3.63) is 32.8 Å². The molecule has 1 aromatic heterocycles. The fraction of sp³-hybridized carbons (Fsp3) is 0.364. The van der Waals surface area contributed by atoms with Crippen LogP contribution >= 0.6 is 38.5 Å². The molecule has 1 rings (SSSR count). The standard InChI is InChI=1S/C11H13BrINO3/c1-8(2)16-4-3-15-7-17-10-5-9(12)6-14-11(10)13/h5-6H,1,3-4,7H2,2H3. The lowest BCUT2D eigenvalue weighted by molar-refractivity contribution is -0.00679. The smallest absolute Gasteiger partial charge is 0.189 e. The summed E-state index contributed by atoms with van der Waals surface area (Å²) in [6.45, 7) is 6.53. The van der Waals surface area contributed by atoms with Crippen LogP contribution < -0.4 is 4.74 Å². The summed E-state index contributed by atoms with van der Waals surface area (Å²) in [6.07, 6.45) is 1.72. The maximum atomic E-state index is 5.42. The van der Waals surface area contributed by atoms with Gasteiger partial charge in [0.15, 0.2) is 12.5 Å². The topological polar surface area (TPSA) is 40.6 Å². The van der Waals surface area contributed by atoms with Crippen LogP contribution in [0.15, 0.2) is 29.1 Å². The predicted molar refractivity (Wildman–Crippen MR) is 76.9 cm³/mol. The largest absolute Gasteiger partial charge is 0.496 e. The second-order valence-corrected chi connectivity index (χ2v) is 5.10. The first kappa shape index (κ1) is 14.7. The average Bonchev–Trinajstić information content (AvgIpc) is 2.27. The Balaban J connectivity index is 2.22. The van der Waals surface area contributed by atoms with Crippen LogP contribution in [0.1, 0.15) is 6.92 Å². The van der Waals surface area contributed by atoms with Gasteiger partial charge in [-0.1, -0.05) is 6.58 Å². The van der Waals surface area contributed by atoms with E-state index in [-0.39, 0.29) is 6.79 Å². The molecule has 0 spiro atoms. The molecule has 0 aromatic carbocycles. The van der Waals surface area contributed by atoms with E-state index in [1.54, 1.807) is 13.1 Å². The molecule has 4 nitrogen and oxygen atoms in total. The maximum absolute atomic E-state index is 5.42. The van der Waals surface area contributed by atoms with E-state index >= 15 is 0 Å². The summed E-state index contributed by atoms with van der Waals surface area (Å²) in [5.41, 5.74) is 0. The highest BCUT2D eigenvalue weighted by molar-refractivity contribution is 14.1. The molecule has 94 valence electrons. The minimum atomic E-state index is 0.174. The Labute approximate surface area is 123 Å². The zero-order chi connectivity index (χ0) is 12.7. The molecular weight excluding hydrogens is 401 g/mol. The van der Waals surface area contributed by atoms with E-state index in [1.807, 2.05) is 6.07 Å². The Kier molecular flexibility index (Phi) is 6.83. The first-order valence-corrected chi connectivity index (χ1v) is 6.76. The quantitative estimate of drug-likeness (QED) is 0.226. The first-order chi connectivity index (χ1) is 8.09. The number of pyridine rings is 1. The molecule has 0 saturated heterocycles. The monoisotopic (exact) mass is 413 g/mol. The summed E-state index contributed by atoms with van der Waals surface area (Å²) in [7, 11) is 0. The number of rotatable bonds is 7. The molecule has 0 unspecified atom stereocenters. The minimum absolute atomic E-state index is 0.174. The summed E-state index contributed by atoms with van der Waals surface area (Å²) >= 11 is 5.44. The van der Waals surface area contributed by atoms with Crippen molar-refractivity contribution in [2.24, 2.45) is 0 Å². The predicted octanol–water partition coefficient (Wildman–Crippen LogP) is 3.35. The van der Waals surface area contributed by atoms with Crippen LogP contribution in [0.25, 0.3) is 0 Å². The number of halogens is 2. The van der Waals surface area contributed by atoms with Crippen molar-refractivity contribution in [2.75, 3.05) is 20.0 Å². The molecule has 0 atom stereocenters. The van der Waals surface area contributed by atoms with Gasteiger partial charge in [-0.3, -0.25) is 0 Å². The molecule has 17 heavy (non-hydrogen) atoms. The summed E-state index contributed by atoms with van der Waals surface area (Å²) in [6, 6.07) is 1.85. The van der Waals surface area contributed by atoms with Crippen molar-refractivity contribution < 1.29 is 14.2 Å². The maximum Gasteiger partial charge on any atom is 0.189 e. The van der Waals surface area contributed by atoms with Crippen molar-refractivity contribution in [2.45, 2.75) is 6.92 Å². The molecule has 0 radical (unpaired) electrons. The Morgan fingerprint density at radius 2 is 2.29 bits per heavy atom. The number of aromatic nitrogens is 1. The van der Waals surface area contributed by atoms with E-state index in [9.17, 15) is 0 Å². The number of ether oxygens (including phenoxy) is 3. The van der Waals surface area contributed by atoms with Crippen molar-refractivity contribution in [3.8, 4) is 5.75 Å². The van der Waals surface area contributed by atoms with Gasteiger partial charge in [0, 0.05) is 10.7 Å². The highest BCUT2D eigenvalue weighted by Crippen LogP contribution is 2.22. The molecule has 1 aromatic rings. The lowest BCUT2D eigenvalue weighted by Crippen LogP contribution is -2.09. The summed E-state index contributed by atoms with van der Waals surface area (Å²) in [4.78, 5) is 4.14. The molecule has 0 aliphatic carbocycles. The van der Waals surface area contributed by atoms with Gasteiger partial charge in [-0.05, 0) is 51.5 Å². The number of hydrogen-bond acceptors (Lipinski definition) is 4. The molecule has 0 N–H and O–H groups in total. The van der Waals surface area contributed by atoms with Gasteiger partial charge in [-0.25, -0.2) is 4.98 Å². The normalized spacial score (nSPS) is 10.1. The van der Waals surface area contributed by atoms with Gasteiger partial charge >= 0.3 is 0 Å². The van der Waals surface area contributed by atoms with Gasteiger partial charge < -0.3 is 14.2 Å². The number of hydrogen-bond donors (Lipinski definition) is 0. The van der Waals surface area contributed by atoms with Crippen LogP contribution in [-0.2, 0) is 9.47 Å². The average molecular weight is 414 g/mol. The molecule has 0 saturated carbocycles. The lowest BCUT2D eigenvalue weighted by atomic mass is 10.5. The van der Waals surface area contributed by atoms with E-state index in [4.69, 9.17) is 14.2 Å². The van der Waals surface area contributed by atoms with Crippen LogP contribution in [0.2, 0.25) is 0 Å². The lowest BCUT2D eigenvalue weighted by Gasteiger charge is -2.09. The molecule has 0 bridgehead atoms. The first-order valence-electron chi connectivity index (χ1n) is 4.89. The van der Waals surface area contributed by atoms with E-state index in [2.05, 4.69) is 50.1 Å². The zero-order valence-electron chi connectivity index (χ0n) is 9.41. The Hall–Kier alpha value is -0.340. The minimum Gasteiger partial charge on any atom is -0.496 e. The second kappa shape index (κ2) is 7.88. The zero-order valence-corrected chi connectivity index (χ0v) is 13.2. The van der Waals surface area contributed by atoms with Gasteiger partial charge in [0.2, 0.25) is 0 Å². The molecule has 6 heteroatoms. The summed E-state index contributed by atoms with van der Waals surface area (Å²) < 4.78 is 17.5. The highest BCUT2D eigenvalue weighted by Gasteiger charge is 2.02. The van der Waals surface area contributed by atoms with Gasteiger partial charge in [0.05, 0.1) is 12.4 Å². The Morgan fingerprint density at radius 3 is 3.00 bits per heavy atom. The van der Waals surface area contributed by atoms with E-state index in [0.717, 1.165) is 8.17 Å². The Bertz CT molecular complexity index is 387. The van der Waals surface area contributed by atoms with Crippen molar-refractivity contribution in [1.29, 1.82) is 0 Å². The summed E-state index contributed by atoms with van der Waals surface area (Å²) in [5.74, 6) is 1.38. The summed E-state index contributed by atoms with van der Waals surface area (Å²) in [5, 5.41) is 0. The van der Waals surface area contributed by atoms with E-state index in [1.165, 1.54) is 0 Å². The molecule has 0 fully saturated rings. The van der Waals surface area contributed by atoms with Gasteiger partial charge in [0.25, 0.3) is 0 Å². The Morgan fingerprint density at radius 1 is 1.53 bits per heavy atom.